The fraction of sp³-hybridized carbons (Fsp3) is 0.176. The van der Waals surface area contributed by atoms with Gasteiger partial charge >= 0.3 is 0 Å². The van der Waals surface area contributed by atoms with Gasteiger partial charge < -0.3 is 5.11 Å². The fourth-order valence-corrected chi connectivity index (χ4v) is 2.01. The number of aryl methyl sites for hydroxylation is 1. The lowest BCUT2D eigenvalue weighted by atomic mass is 10.0. The summed E-state index contributed by atoms with van der Waals surface area (Å²) in [4.78, 5) is 0. The van der Waals surface area contributed by atoms with E-state index in [2.05, 4.69) is 6.08 Å². The number of hydrogen-bond donors (Lipinski definition) is 1. The quantitative estimate of drug-likeness (QED) is 0.786. The van der Waals surface area contributed by atoms with Gasteiger partial charge in [-0.1, -0.05) is 36.4 Å². The van der Waals surface area contributed by atoms with Crippen molar-refractivity contribution in [2.75, 3.05) is 0 Å². The molecule has 0 aliphatic carbocycles. The zero-order chi connectivity index (χ0) is 13.7. The highest BCUT2D eigenvalue weighted by Crippen LogP contribution is 2.25. The minimum Gasteiger partial charge on any atom is -0.508 e. The maximum atomic E-state index is 14.1. The van der Waals surface area contributed by atoms with Gasteiger partial charge in [0.15, 0.2) is 0 Å². The Balaban J connectivity index is 2.21. The van der Waals surface area contributed by atoms with Crippen LogP contribution in [0.1, 0.15) is 18.9 Å². The van der Waals surface area contributed by atoms with Gasteiger partial charge in [0.1, 0.15) is 11.6 Å². The Labute approximate surface area is 113 Å². The molecule has 0 saturated heterocycles. The normalized spacial score (nSPS) is 11.1. The van der Waals surface area contributed by atoms with E-state index >= 15 is 0 Å². The van der Waals surface area contributed by atoms with Crippen LogP contribution in [0.4, 0.5) is 4.39 Å². The van der Waals surface area contributed by atoms with Crippen LogP contribution in [-0.2, 0) is 6.42 Å². The Morgan fingerprint density at radius 2 is 1.84 bits per heavy atom. The highest BCUT2D eigenvalue weighted by atomic mass is 19.1. The van der Waals surface area contributed by atoms with Crippen LogP contribution in [0.25, 0.3) is 11.1 Å². The van der Waals surface area contributed by atoms with E-state index in [1.165, 1.54) is 0 Å². The highest BCUT2D eigenvalue weighted by molar-refractivity contribution is 5.65. The average Bonchev–Trinajstić information content (AvgIpc) is 2.41. The first-order chi connectivity index (χ1) is 9.20. The second-order valence-corrected chi connectivity index (χ2v) is 4.47. The second kappa shape index (κ2) is 6.19. The second-order valence-electron chi connectivity index (χ2n) is 4.47. The summed E-state index contributed by atoms with van der Waals surface area (Å²) in [6.07, 6.45) is 5.85. The highest BCUT2D eigenvalue weighted by Gasteiger charge is 2.06. The summed E-state index contributed by atoms with van der Waals surface area (Å²) in [5.41, 5.74) is 2.34. The zero-order valence-electron chi connectivity index (χ0n) is 10.9. The van der Waals surface area contributed by atoms with E-state index in [0.717, 1.165) is 24.0 Å². The molecule has 0 spiro atoms. The lowest BCUT2D eigenvalue weighted by molar-refractivity contribution is 0.475. The number of aromatic hydroxyl groups is 1. The molecule has 2 heteroatoms. The molecule has 1 nitrogen and oxygen atoms in total. The van der Waals surface area contributed by atoms with Crippen molar-refractivity contribution in [2.45, 2.75) is 19.8 Å². The van der Waals surface area contributed by atoms with Crippen LogP contribution in [0.3, 0.4) is 0 Å². The van der Waals surface area contributed by atoms with Crippen molar-refractivity contribution in [3.8, 4) is 16.9 Å². The lowest BCUT2D eigenvalue weighted by Crippen LogP contribution is -1.89. The van der Waals surface area contributed by atoms with Gasteiger partial charge in [0, 0.05) is 5.56 Å². The SMILES string of the molecule is C/C=C/CCc1ccc(-c2ccc(O)cc2)c(F)c1. The number of phenols is 1. The van der Waals surface area contributed by atoms with Crippen LogP contribution in [0.2, 0.25) is 0 Å². The third-order valence-electron chi connectivity index (χ3n) is 3.05. The Bertz CT molecular complexity index is 570. The molecule has 0 bridgehead atoms. The third kappa shape index (κ3) is 3.44. The molecule has 0 heterocycles. The molecule has 2 rings (SSSR count). The first kappa shape index (κ1) is 13.3. The molecule has 2 aromatic rings. The molecule has 0 amide bonds. The topological polar surface area (TPSA) is 20.2 Å². The van der Waals surface area contributed by atoms with Gasteiger partial charge in [-0.2, -0.15) is 0 Å². The van der Waals surface area contributed by atoms with Gasteiger partial charge in [-0.3, -0.25) is 0 Å². The first-order valence-corrected chi connectivity index (χ1v) is 6.39. The predicted molar refractivity (Wildman–Crippen MR) is 76.6 cm³/mol. The fourth-order valence-electron chi connectivity index (χ4n) is 2.01. The molecule has 2 aromatic carbocycles. The minimum atomic E-state index is -0.219. The number of halogens is 1. The molecule has 0 aliphatic heterocycles. The van der Waals surface area contributed by atoms with Crippen molar-refractivity contribution in [2.24, 2.45) is 0 Å². The molecule has 0 aromatic heterocycles. The molecule has 0 aliphatic rings. The molecule has 0 unspecified atom stereocenters. The van der Waals surface area contributed by atoms with Crippen LogP contribution < -0.4 is 0 Å². The number of phenolic OH excluding ortho intramolecular Hbond substituents is 1. The van der Waals surface area contributed by atoms with E-state index in [9.17, 15) is 9.50 Å². The molecule has 0 atom stereocenters. The minimum absolute atomic E-state index is 0.187. The number of hydrogen-bond acceptors (Lipinski definition) is 1. The van der Waals surface area contributed by atoms with Crippen LogP contribution in [-0.4, -0.2) is 5.11 Å². The van der Waals surface area contributed by atoms with Crippen molar-refractivity contribution in [3.63, 3.8) is 0 Å². The maximum Gasteiger partial charge on any atom is 0.131 e. The molecule has 0 radical (unpaired) electrons. The van der Waals surface area contributed by atoms with E-state index < -0.39 is 0 Å². The van der Waals surface area contributed by atoms with Crippen LogP contribution in [0.15, 0.2) is 54.6 Å². The van der Waals surface area contributed by atoms with Crippen molar-refractivity contribution < 1.29 is 9.50 Å². The number of rotatable bonds is 4. The van der Waals surface area contributed by atoms with Gasteiger partial charge in [0.25, 0.3) is 0 Å². The standard InChI is InChI=1S/C17H17FO/c1-2-3-4-5-13-6-11-16(17(18)12-13)14-7-9-15(19)10-8-14/h2-3,6-12,19H,4-5H2,1H3/b3-2+. The first-order valence-electron chi connectivity index (χ1n) is 6.39. The summed E-state index contributed by atoms with van der Waals surface area (Å²) in [6.45, 7) is 1.98. The molecule has 19 heavy (non-hydrogen) atoms. The van der Waals surface area contributed by atoms with Crippen molar-refractivity contribution in [1.82, 2.24) is 0 Å². The summed E-state index contributed by atoms with van der Waals surface area (Å²) in [7, 11) is 0. The summed E-state index contributed by atoms with van der Waals surface area (Å²) >= 11 is 0. The average molecular weight is 256 g/mol. The Morgan fingerprint density at radius 1 is 1.11 bits per heavy atom. The summed E-state index contributed by atoms with van der Waals surface area (Å²) in [5.74, 6) is -0.0317. The van der Waals surface area contributed by atoms with Crippen LogP contribution in [0.5, 0.6) is 5.75 Å². The van der Waals surface area contributed by atoms with Crippen LogP contribution >= 0.6 is 0 Å². The van der Waals surface area contributed by atoms with Gasteiger partial charge in [0.2, 0.25) is 0 Å². The Morgan fingerprint density at radius 3 is 2.47 bits per heavy atom. The van der Waals surface area contributed by atoms with Crippen molar-refractivity contribution >= 4 is 0 Å². The van der Waals surface area contributed by atoms with E-state index in [1.807, 2.05) is 19.1 Å². The molecule has 1 N–H and O–H groups in total. The predicted octanol–water partition coefficient (Wildman–Crippen LogP) is 4.71. The van der Waals surface area contributed by atoms with Gasteiger partial charge in [-0.05, 0) is 49.1 Å². The summed E-state index contributed by atoms with van der Waals surface area (Å²) < 4.78 is 14.1. The largest absolute Gasteiger partial charge is 0.508 e. The molecule has 98 valence electrons. The van der Waals surface area contributed by atoms with E-state index in [0.29, 0.717) is 5.56 Å². The summed E-state index contributed by atoms with van der Waals surface area (Å²) in [5, 5.41) is 9.24. The van der Waals surface area contributed by atoms with E-state index in [-0.39, 0.29) is 11.6 Å². The lowest BCUT2D eigenvalue weighted by Gasteiger charge is -2.06. The molecular weight excluding hydrogens is 239 g/mol. The molecule has 0 fully saturated rings. The smallest absolute Gasteiger partial charge is 0.131 e. The van der Waals surface area contributed by atoms with Gasteiger partial charge in [-0.15, -0.1) is 0 Å². The Kier molecular flexibility index (Phi) is 4.35. The maximum absolute atomic E-state index is 14.1. The van der Waals surface area contributed by atoms with Gasteiger partial charge in [0.05, 0.1) is 0 Å². The van der Waals surface area contributed by atoms with E-state index in [1.54, 1.807) is 36.4 Å². The van der Waals surface area contributed by atoms with Crippen LogP contribution in [0, 0.1) is 5.82 Å². The third-order valence-corrected chi connectivity index (χ3v) is 3.05. The van der Waals surface area contributed by atoms with E-state index in [4.69, 9.17) is 0 Å². The zero-order valence-corrected chi connectivity index (χ0v) is 10.9. The number of benzene rings is 2. The number of allylic oxidation sites excluding steroid dienone is 2. The summed E-state index contributed by atoms with van der Waals surface area (Å²) in [6, 6.07) is 11.9. The van der Waals surface area contributed by atoms with Crippen molar-refractivity contribution in [3.05, 3.63) is 66.0 Å². The Hall–Kier alpha value is -2.09. The van der Waals surface area contributed by atoms with Gasteiger partial charge in [-0.25, -0.2) is 4.39 Å². The molecule has 0 saturated carbocycles. The monoisotopic (exact) mass is 256 g/mol. The molecular formula is C17H17FO. The van der Waals surface area contributed by atoms with Crippen molar-refractivity contribution in [1.29, 1.82) is 0 Å².